The van der Waals surface area contributed by atoms with Crippen molar-refractivity contribution in [3.05, 3.63) is 36.0 Å². The molecule has 4 N–H and O–H groups in total. The molecule has 2 amide bonds. The number of benzene rings is 1. The zero-order valence-electron chi connectivity index (χ0n) is 14.9. The van der Waals surface area contributed by atoms with E-state index in [9.17, 15) is 19.5 Å². The summed E-state index contributed by atoms with van der Waals surface area (Å²) in [6.45, 7) is 0.918. The fourth-order valence-electron chi connectivity index (χ4n) is 3.31. The zero-order valence-corrected chi connectivity index (χ0v) is 14.9. The topological polar surface area (TPSA) is 121 Å². The summed E-state index contributed by atoms with van der Waals surface area (Å²) in [5, 5.41) is 15.5. The minimum Gasteiger partial charge on any atom is -0.481 e. The van der Waals surface area contributed by atoms with Gasteiger partial charge in [0.25, 0.3) is 5.91 Å². The third-order valence-corrected chi connectivity index (χ3v) is 4.86. The molecule has 0 saturated carbocycles. The molecule has 0 bridgehead atoms. The molecule has 0 aliphatic carbocycles. The summed E-state index contributed by atoms with van der Waals surface area (Å²) < 4.78 is 5.25. The molecule has 0 spiro atoms. The molecule has 1 aromatic heterocycles. The van der Waals surface area contributed by atoms with Crippen LogP contribution >= 0.6 is 0 Å². The Morgan fingerprint density at radius 2 is 1.93 bits per heavy atom. The van der Waals surface area contributed by atoms with E-state index >= 15 is 0 Å². The number of amides is 2. The number of aromatic nitrogens is 1. The molecular weight excluding hydrogens is 350 g/mol. The van der Waals surface area contributed by atoms with Gasteiger partial charge in [-0.2, -0.15) is 0 Å². The Labute approximate surface area is 156 Å². The highest BCUT2D eigenvalue weighted by molar-refractivity contribution is 5.99. The minimum atomic E-state index is -0.927. The summed E-state index contributed by atoms with van der Waals surface area (Å²) in [6.07, 6.45) is 1.34. The predicted octanol–water partition coefficient (Wildman–Crippen LogP) is 1.14. The Bertz CT molecular complexity index is 793. The van der Waals surface area contributed by atoms with Crippen LogP contribution in [0.1, 0.15) is 23.3 Å². The van der Waals surface area contributed by atoms with Gasteiger partial charge in [0.2, 0.25) is 5.91 Å². The molecule has 1 aromatic carbocycles. The van der Waals surface area contributed by atoms with Crippen LogP contribution in [0.15, 0.2) is 30.3 Å². The largest absolute Gasteiger partial charge is 0.481 e. The molecule has 1 atom stereocenters. The molecule has 1 saturated heterocycles. The third kappa shape index (κ3) is 4.85. The molecule has 8 nitrogen and oxygen atoms in total. The second kappa shape index (κ2) is 8.68. The summed E-state index contributed by atoms with van der Waals surface area (Å²) in [5.41, 5.74) is 1.21. The summed E-state index contributed by atoms with van der Waals surface area (Å²) in [7, 11) is 0. The maximum Gasteiger partial charge on any atom is 0.308 e. The van der Waals surface area contributed by atoms with Crippen LogP contribution < -0.4 is 10.6 Å². The van der Waals surface area contributed by atoms with Crippen molar-refractivity contribution in [2.45, 2.75) is 12.8 Å². The number of rotatable bonds is 7. The van der Waals surface area contributed by atoms with Crippen LogP contribution in [0.5, 0.6) is 0 Å². The van der Waals surface area contributed by atoms with Gasteiger partial charge in [-0.25, -0.2) is 0 Å². The lowest BCUT2D eigenvalue weighted by Crippen LogP contribution is -2.42. The van der Waals surface area contributed by atoms with Crippen LogP contribution in [-0.4, -0.2) is 54.2 Å². The lowest BCUT2D eigenvalue weighted by Gasteiger charge is -2.27. The minimum absolute atomic E-state index is 0.0162. The van der Waals surface area contributed by atoms with Crippen molar-refractivity contribution in [1.82, 2.24) is 15.6 Å². The molecule has 0 radical (unpaired) electrons. The van der Waals surface area contributed by atoms with E-state index in [2.05, 4.69) is 15.6 Å². The first-order valence-electron chi connectivity index (χ1n) is 8.98. The van der Waals surface area contributed by atoms with E-state index in [1.165, 1.54) is 0 Å². The van der Waals surface area contributed by atoms with Gasteiger partial charge in [-0.05, 0) is 30.9 Å². The third-order valence-electron chi connectivity index (χ3n) is 4.86. The van der Waals surface area contributed by atoms with Gasteiger partial charge in [-0.3, -0.25) is 14.4 Å². The Hall–Kier alpha value is -2.87. The molecule has 144 valence electrons. The summed E-state index contributed by atoms with van der Waals surface area (Å²) in [4.78, 5) is 38.7. The fourth-order valence-corrected chi connectivity index (χ4v) is 3.31. The Morgan fingerprint density at radius 1 is 1.19 bits per heavy atom. The Kier molecular flexibility index (Phi) is 6.08. The Morgan fingerprint density at radius 3 is 2.63 bits per heavy atom. The number of carboxylic acid groups (broad SMARTS) is 1. The number of hydrogen-bond donors (Lipinski definition) is 4. The van der Waals surface area contributed by atoms with E-state index in [1.807, 2.05) is 24.3 Å². The summed E-state index contributed by atoms with van der Waals surface area (Å²) in [6, 6.07) is 9.21. The molecule has 1 fully saturated rings. The van der Waals surface area contributed by atoms with Gasteiger partial charge in [0, 0.05) is 30.7 Å². The molecule has 1 aliphatic rings. The highest BCUT2D eigenvalue weighted by atomic mass is 16.5. The van der Waals surface area contributed by atoms with E-state index < -0.39 is 17.8 Å². The van der Waals surface area contributed by atoms with Crippen molar-refractivity contribution < 1.29 is 24.2 Å². The number of nitrogens with one attached hydrogen (secondary N) is 3. The van der Waals surface area contributed by atoms with Gasteiger partial charge in [0.15, 0.2) is 0 Å². The van der Waals surface area contributed by atoms with Crippen molar-refractivity contribution in [3.8, 4) is 0 Å². The predicted molar refractivity (Wildman–Crippen MR) is 98.3 cm³/mol. The molecular formula is C19H23N3O5. The van der Waals surface area contributed by atoms with Crippen LogP contribution in [-0.2, 0) is 14.3 Å². The number of carbonyl (C=O) groups excluding carboxylic acids is 2. The maximum absolute atomic E-state index is 12.2. The second-order valence-corrected chi connectivity index (χ2v) is 6.65. The van der Waals surface area contributed by atoms with E-state index in [4.69, 9.17) is 4.74 Å². The van der Waals surface area contributed by atoms with Crippen molar-refractivity contribution in [1.29, 1.82) is 0 Å². The van der Waals surface area contributed by atoms with Crippen molar-refractivity contribution in [2.24, 2.45) is 11.8 Å². The van der Waals surface area contributed by atoms with Crippen LogP contribution in [0, 0.1) is 11.8 Å². The van der Waals surface area contributed by atoms with Crippen molar-refractivity contribution in [2.75, 3.05) is 26.3 Å². The summed E-state index contributed by atoms with van der Waals surface area (Å²) in [5.74, 6) is -2.40. The average molecular weight is 373 g/mol. The SMILES string of the molecule is O=C(CNC(=O)c1cc2ccccc2[nH]1)NCC(C(=O)O)C1CCOCC1. The van der Waals surface area contributed by atoms with Gasteiger partial charge in [0.05, 0.1) is 12.5 Å². The number of aromatic amines is 1. The highest BCUT2D eigenvalue weighted by Gasteiger charge is 2.30. The monoisotopic (exact) mass is 373 g/mol. The van der Waals surface area contributed by atoms with E-state index in [0.717, 1.165) is 10.9 Å². The molecule has 2 aromatic rings. The standard InChI is InChI=1S/C19H23N3O5/c23-17(20-10-14(19(25)26)12-5-7-27-8-6-12)11-21-18(24)16-9-13-3-1-2-4-15(13)22-16/h1-4,9,12,14,22H,5-8,10-11H2,(H,20,23)(H,21,24)(H,25,26). The number of hydrogen-bond acceptors (Lipinski definition) is 4. The van der Waals surface area contributed by atoms with Crippen molar-refractivity contribution >= 4 is 28.7 Å². The molecule has 2 heterocycles. The maximum atomic E-state index is 12.2. The number of aliphatic carboxylic acids is 1. The lowest BCUT2D eigenvalue weighted by atomic mass is 9.86. The average Bonchev–Trinajstić information content (AvgIpc) is 3.11. The van der Waals surface area contributed by atoms with Crippen LogP contribution in [0.4, 0.5) is 0 Å². The van der Waals surface area contributed by atoms with Gasteiger partial charge >= 0.3 is 5.97 Å². The normalized spacial score (nSPS) is 16.0. The van der Waals surface area contributed by atoms with Crippen LogP contribution in [0.25, 0.3) is 10.9 Å². The molecule has 8 heteroatoms. The quantitative estimate of drug-likeness (QED) is 0.580. The van der Waals surface area contributed by atoms with Crippen LogP contribution in [0.3, 0.4) is 0 Å². The van der Waals surface area contributed by atoms with E-state index in [1.54, 1.807) is 6.07 Å². The van der Waals surface area contributed by atoms with Gasteiger partial charge in [-0.1, -0.05) is 18.2 Å². The van der Waals surface area contributed by atoms with E-state index in [-0.39, 0.29) is 24.9 Å². The van der Waals surface area contributed by atoms with Crippen molar-refractivity contribution in [3.63, 3.8) is 0 Å². The van der Waals surface area contributed by atoms with Gasteiger partial charge in [-0.15, -0.1) is 0 Å². The number of carbonyl (C=O) groups is 3. The zero-order chi connectivity index (χ0) is 19.2. The molecule has 1 unspecified atom stereocenters. The molecule has 27 heavy (non-hydrogen) atoms. The highest BCUT2D eigenvalue weighted by Crippen LogP contribution is 2.23. The smallest absolute Gasteiger partial charge is 0.308 e. The number of carboxylic acids is 1. The number of H-pyrrole nitrogens is 1. The number of ether oxygens (including phenoxy) is 1. The first kappa shape index (κ1) is 18.9. The Balaban J connectivity index is 1.48. The first-order chi connectivity index (χ1) is 13.0. The van der Waals surface area contributed by atoms with Gasteiger partial charge < -0.3 is 25.5 Å². The first-order valence-corrected chi connectivity index (χ1v) is 8.98. The molecule has 1 aliphatic heterocycles. The van der Waals surface area contributed by atoms with Gasteiger partial charge in [0.1, 0.15) is 5.69 Å². The number of para-hydroxylation sites is 1. The van der Waals surface area contributed by atoms with Crippen LogP contribution in [0.2, 0.25) is 0 Å². The molecule has 3 rings (SSSR count). The summed E-state index contributed by atoms with van der Waals surface area (Å²) >= 11 is 0. The van der Waals surface area contributed by atoms with E-state index in [0.29, 0.717) is 31.7 Å². The lowest BCUT2D eigenvalue weighted by molar-refractivity contribution is -0.144. The number of fused-ring (bicyclic) bond motifs is 1. The second-order valence-electron chi connectivity index (χ2n) is 6.65. The fraction of sp³-hybridized carbons (Fsp3) is 0.421.